The number of carbonyl (C=O) groups is 2. The third kappa shape index (κ3) is 51.6. The number of rotatable bonds is 54. The lowest BCUT2D eigenvalue weighted by atomic mass is 10.0. The first-order valence-electron chi connectivity index (χ1n) is 29.1. The van der Waals surface area contributed by atoms with Gasteiger partial charge in [0.05, 0.1) is 25.4 Å². The normalized spacial score (nSPS) is 12.7. The van der Waals surface area contributed by atoms with Gasteiger partial charge in [-0.1, -0.05) is 269 Å². The van der Waals surface area contributed by atoms with Crippen molar-refractivity contribution in [3.8, 4) is 0 Å². The van der Waals surface area contributed by atoms with Crippen LogP contribution in [0, 0.1) is 0 Å². The van der Waals surface area contributed by atoms with Crippen molar-refractivity contribution in [2.24, 2.45) is 0 Å². The minimum Gasteiger partial charge on any atom is -0.466 e. The highest BCUT2D eigenvalue weighted by atomic mass is 16.5. The van der Waals surface area contributed by atoms with E-state index in [2.05, 4.69) is 31.3 Å². The van der Waals surface area contributed by atoms with Gasteiger partial charge in [-0.3, -0.25) is 9.59 Å². The quantitative estimate of drug-likeness (QED) is 0.0321. The molecule has 0 aromatic carbocycles. The molecule has 0 heterocycles. The number of amides is 1. The maximum atomic E-state index is 12.4. The van der Waals surface area contributed by atoms with Gasteiger partial charge in [0.25, 0.3) is 0 Å². The number of hydrogen-bond donors (Lipinski definition) is 3. The van der Waals surface area contributed by atoms with E-state index in [0.29, 0.717) is 19.4 Å². The lowest BCUT2D eigenvalue weighted by Gasteiger charge is -2.20. The molecule has 0 aliphatic heterocycles. The van der Waals surface area contributed by atoms with Gasteiger partial charge in [0.15, 0.2) is 0 Å². The van der Waals surface area contributed by atoms with Gasteiger partial charge < -0.3 is 20.3 Å². The average molecular weight is 917 g/mol. The largest absolute Gasteiger partial charge is 0.466 e. The molecule has 0 spiro atoms. The summed E-state index contributed by atoms with van der Waals surface area (Å²) in [5.74, 6) is -0.0781. The molecule has 3 N–H and O–H groups in total. The molecule has 0 radical (unpaired) electrons. The van der Waals surface area contributed by atoms with Crippen molar-refractivity contribution in [3.63, 3.8) is 0 Å². The van der Waals surface area contributed by atoms with E-state index >= 15 is 0 Å². The summed E-state index contributed by atoms with van der Waals surface area (Å²) in [5.41, 5.74) is 0. The topological polar surface area (TPSA) is 95.9 Å². The molecular weight excluding hydrogens is 803 g/mol. The van der Waals surface area contributed by atoms with Gasteiger partial charge in [0, 0.05) is 12.8 Å². The molecule has 0 rings (SSSR count). The summed E-state index contributed by atoms with van der Waals surface area (Å²) in [7, 11) is 0. The van der Waals surface area contributed by atoms with Gasteiger partial charge in [-0.2, -0.15) is 0 Å². The Kier molecular flexibility index (Phi) is 53.5. The molecule has 1 amide bonds. The van der Waals surface area contributed by atoms with Crippen LogP contribution in [-0.4, -0.2) is 47.4 Å². The summed E-state index contributed by atoms with van der Waals surface area (Å²) in [6, 6.07) is -0.635. The van der Waals surface area contributed by atoms with Gasteiger partial charge in [-0.05, 0) is 57.8 Å². The predicted octanol–water partition coefficient (Wildman–Crippen LogP) is 17.9. The molecule has 0 saturated carbocycles. The van der Waals surface area contributed by atoms with E-state index in [1.807, 2.05) is 6.08 Å². The molecule has 6 heteroatoms. The van der Waals surface area contributed by atoms with E-state index in [0.717, 1.165) is 57.8 Å². The number of carbonyl (C=O) groups excluding carboxylic acids is 2. The summed E-state index contributed by atoms with van der Waals surface area (Å²) >= 11 is 0. The van der Waals surface area contributed by atoms with Crippen molar-refractivity contribution in [2.45, 2.75) is 328 Å². The fourth-order valence-electron chi connectivity index (χ4n) is 8.98. The zero-order valence-electron chi connectivity index (χ0n) is 43.7. The maximum Gasteiger partial charge on any atom is 0.305 e. The van der Waals surface area contributed by atoms with Gasteiger partial charge in [-0.15, -0.1) is 0 Å². The summed E-state index contributed by atoms with van der Waals surface area (Å²) < 4.78 is 5.49. The minimum atomic E-state index is -0.851. The molecule has 0 aliphatic rings. The standard InChI is InChI=1S/C59H113NO5/c1-3-5-7-9-11-13-15-17-18-19-20-23-26-29-33-37-41-45-49-53-59(64)65-54-50-46-42-38-34-30-27-24-21-22-25-28-32-36-40-44-48-52-58(63)60-56(55-61)57(62)51-47-43-39-35-31-16-14-12-10-8-6-4-2/h21,24,47,51,56-57,61-62H,3-20,22-23,25-46,48-50,52-55H2,1-2H3,(H,60,63)/b24-21-,51-47+. The number of ether oxygens (including phenoxy) is 1. The lowest BCUT2D eigenvalue weighted by molar-refractivity contribution is -0.143. The summed E-state index contributed by atoms with van der Waals surface area (Å²) in [6.45, 7) is 4.89. The second-order valence-electron chi connectivity index (χ2n) is 20.0. The average Bonchev–Trinajstić information content (AvgIpc) is 3.31. The molecule has 0 fully saturated rings. The van der Waals surface area contributed by atoms with Crippen molar-refractivity contribution < 1.29 is 24.5 Å². The first-order valence-corrected chi connectivity index (χ1v) is 29.1. The highest BCUT2D eigenvalue weighted by molar-refractivity contribution is 5.76. The summed E-state index contributed by atoms with van der Waals surface area (Å²) in [4.78, 5) is 24.5. The molecule has 0 aromatic heterocycles. The molecule has 384 valence electrons. The number of hydrogen-bond acceptors (Lipinski definition) is 5. The molecule has 0 aromatic rings. The van der Waals surface area contributed by atoms with E-state index < -0.39 is 12.1 Å². The lowest BCUT2D eigenvalue weighted by Crippen LogP contribution is -2.45. The van der Waals surface area contributed by atoms with Crippen LogP contribution in [0.1, 0.15) is 316 Å². The SMILES string of the molecule is CCCCCCCCCCCC/C=C/C(O)C(CO)NC(=O)CCCCCCCCC/C=C\CCCCCCCCOC(=O)CCCCCCCCCCCCCCCCCCCCC. The maximum absolute atomic E-state index is 12.4. The van der Waals surface area contributed by atoms with Crippen molar-refractivity contribution >= 4 is 11.9 Å². The van der Waals surface area contributed by atoms with Crippen molar-refractivity contribution in [1.29, 1.82) is 0 Å². The first-order chi connectivity index (χ1) is 32.0. The highest BCUT2D eigenvalue weighted by Gasteiger charge is 2.18. The minimum absolute atomic E-state index is 0.00198. The Labute approximate surface area is 405 Å². The molecule has 0 saturated heterocycles. The van der Waals surface area contributed by atoms with Crippen LogP contribution in [-0.2, 0) is 14.3 Å². The van der Waals surface area contributed by atoms with Crippen molar-refractivity contribution in [1.82, 2.24) is 5.32 Å². The Balaban J connectivity index is 3.43. The smallest absolute Gasteiger partial charge is 0.305 e. The van der Waals surface area contributed by atoms with Gasteiger partial charge in [0.2, 0.25) is 5.91 Å². The zero-order chi connectivity index (χ0) is 47.2. The van der Waals surface area contributed by atoms with Crippen LogP contribution in [0.5, 0.6) is 0 Å². The van der Waals surface area contributed by atoms with Crippen LogP contribution in [0.15, 0.2) is 24.3 Å². The van der Waals surface area contributed by atoms with E-state index in [1.54, 1.807) is 6.08 Å². The number of allylic oxidation sites excluding steroid dienone is 3. The molecule has 0 aliphatic carbocycles. The highest BCUT2D eigenvalue weighted by Crippen LogP contribution is 2.17. The van der Waals surface area contributed by atoms with Gasteiger partial charge in [0.1, 0.15) is 0 Å². The first kappa shape index (κ1) is 63.3. The predicted molar refractivity (Wildman–Crippen MR) is 283 cm³/mol. The van der Waals surface area contributed by atoms with E-state index in [9.17, 15) is 19.8 Å². The second-order valence-corrected chi connectivity index (χ2v) is 20.0. The Morgan fingerprint density at radius 2 is 0.723 bits per heavy atom. The van der Waals surface area contributed by atoms with Crippen molar-refractivity contribution in [3.05, 3.63) is 24.3 Å². The molecule has 0 bridgehead atoms. The van der Waals surface area contributed by atoms with E-state index in [4.69, 9.17) is 4.74 Å². The Bertz CT molecular complexity index is 1010. The van der Waals surface area contributed by atoms with Crippen LogP contribution < -0.4 is 5.32 Å². The molecular formula is C59H113NO5. The second kappa shape index (κ2) is 54.9. The molecule has 65 heavy (non-hydrogen) atoms. The Morgan fingerprint density at radius 3 is 1.09 bits per heavy atom. The van der Waals surface area contributed by atoms with Crippen LogP contribution in [0.4, 0.5) is 0 Å². The summed E-state index contributed by atoms with van der Waals surface area (Å²) in [6.07, 6.45) is 66.3. The fourth-order valence-corrected chi connectivity index (χ4v) is 8.98. The van der Waals surface area contributed by atoms with Crippen LogP contribution in [0.2, 0.25) is 0 Å². The summed E-state index contributed by atoms with van der Waals surface area (Å²) in [5, 5.41) is 23.0. The third-order valence-electron chi connectivity index (χ3n) is 13.5. The number of aliphatic hydroxyl groups excluding tert-OH is 2. The van der Waals surface area contributed by atoms with Gasteiger partial charge in [-0.25, -0.2) is 0 Å². The molecule has 6 nitrogen and oxygen atoms in total. The molecule has 2 unspecified atom stereocenters. The monoisotopic (exact) mass is 916 g/mol. The van der Waals surface area contributed by atoms with Crippen LogP contribution in [0.25, 0.3) is 0 Å². The third-order valence-corrected chi connectivity index (χ3v) is 13.5. The number of unbranched alkanes of at least 4 members (excludes halogenated alkanes) is 41. The van der Waals surface area contributed by atoms with Gasteiger partial charge >= 0.3 is 5.97 Å². The number of esters is 1. The zero-order valence-corrected chi connectivity index (χ0v) is 43.7. The fraction of sp³-hybridized carbons (Fsp3) is 0.898. The van der Waals surface area contributed by atoms with Crippen LogP contribution >= 0.6 is 0 Å². The van der Waals surface area contributed by atoms with Crippen LogP contribution in [0.3, 0.4) is 0 Å². The Morgan fingerprint density at radius 1 is 0.415 bits per heavy atom. The van der Waals surface area contributed by atoms with Crippen molar-refractivity contribution in [2.75, 3.05) is 13.2 Å². The van der Waals surface area contributed by atoms with E-state index in [-0.39, 0.29) is 18.5 Å². The number of aliphatic hydroxyl groups is 2. The Hall–Kier alpha value is -1.66. The molecule has 2 atom stereocenters. The number of nitrogens with one attached hydrogen (secondary N) is 1. The van der Waals surface area contributed by atoms with E-state index in [1.165, 1.54) is 231 Å².